The second-order valence-corrected chi connectivity index (χ2v) is 7.93. The summed E-state index contributed by atoms with van der Waals surface area (Å²) in [5, 5.41) is 3.34. The Kier molecular flexibility index (Phi) is 7.70. The van der Waals surface area contributed by atoms with Gasteiger partial charge in [0.15, 0.2) is 8.38 Å². The molecule has 0 amide bonds. The van der Waals surface area contributed by atoms with E-state index in [-0.39, 0.29) is 0 Å². The third-order valence-electron chi connectivity index (χ3n) is 4.69. The highest BCUT2D eigenvalue weighted by atomic mass is 31.2. The van der Waals surface area contributed by atoms with Gasteiger partial charge in [0.2, 0.25) is 0 Å². The van der Waals surface area contributed by atoms with E-state index in [0.29, 0.717) is 12.7 Å². The van der Waals surface area contributed by atoms with Crippen molar-refractivity contribution in [2.24, 2.45) is 0 Å². The molecule has 0 aliphatic carbocycles. The van der Waals surface area contributed by atoms with Gasteiger partial charge in [-0.3, -0.25) is 4.98 Å². The van der Waals surface area contributed by atoms with Crippen molar-refractivity contribution in [1.29, 1.82) is 0 Å². The summed E-state index contributed by atoms with van der Waals surface area (Å²) in [5.41, 5.74) is 6.69. The fraction of sp³-hybridized carbons (Fsp3) is 0.261. The molecule has 0 aliphatic heterocycles. The Hall–Kier alpha value is -2.10. The molecule has 0 radical (unpaired) electrons. The molecule has 2 aromatic carbocycles. The molecule has 5 heteroatoms. The van der Waals surface area contributed by atoms with Gasteiger partial charge in [0.1, 0.15) is 0 Å². The first-order chi connectivity index (χ1) is 13.7. The molecule has 3 N–H and O–H groups in total. The zero-order valence-electron chi connectivity index (χ0n) is 16.2. The largest absolute Gasteiger partial charge is 0.350 e. The summed E-state index contributed by atoms with van der Waals surface area (Å²) >= 11 is 0. The zero-order chi connectivity index (χ0) is 19.8. The van der Waals surface area contributed by atoms with Gasteiger partial charge < -0.3 is 15.1 Å². The predicted molar refractivity (Wildman–Crippen MR) is 117 cm³/mol. The molecule has 3 rings (SSSR count). The van der Waals surface area contributed by atoms with Crippen LogP contribution in [0.3, 0.4) is 0 Å². The maximum atomic E-state index is 8.98. The molecule has 0 spiro atoms. The fourth-order valence-corrected chi connectivity index (χ4v) is 3.57. The van der Waals surface area contributed by atoms with Crippen molar-refractivity contribution in [2.45, 2.75) is 26.3 Å². The molecule has 1 aromatic heterocycles. The number of hydrogen-bond donors (Lipinski definition) is 3. The van der Waals surface area contributed by atoms with Gasteiger partial charge in [-0.25, -0.2) is 0 Å². The first-order valence-corrected chi connectivity index (χ1v) is 11.1. The highest BCUT2D eigenvalue weighted by Crippen LogP contribution is 2.31. The quantitative estimate of drug-likeness (QED) is 0.362. The molecule has 4 nitrogen and oxygen atoms in total. The lowest BCUT2D eigenvalue weighted by atomic mass is 9.97. The van der Waals surface area contributed by atoms with E-state index in [1.165, 1.54) is 11.1 Å². The van der Waals surface area contributed by atoms with Crippen molar-refractivity contribution in [3.8, 4) is 22.4 Å². The average molecular weight is 394 g/mol. The summed E-state index contributed by atoms with van der Waals surface area (Å²) in [7, 11) is -1.80. The highest BCUT2D eigenvalue weighted by Gasteiger charge is 2.10. The minimum absolute atomic E-state index is 0.442. The minimum Gasteiger partial charge on any atom is -0.350 e. The van der Waals surface area contributed by atoms with Gasteiger partial charge in [-0.05, 0) is 36.6 Å². The molecule has 28 heavy (non-hydrogen) atoms. The SMILES string of the molecule is CCc1ccc(-c2ccc(CNCCCP(O)O)nc2-c2ccccc2)cc1. The van der Waals surface area contributed by atoms with Crippen LogP contribution in [0.1, 0.15) is 24.6 Å². The Morgan fingerprint density at radius 2 is 1.64 bits per heavy atom. The van der Waals surface area contributed by atoms with E-state index in [2.05, 4.69) is 60.8 Å². The third kappa shape index (κ3) is 5.70. The first kappa shape index (κ1) is 20.6. The highest BCUT2D eigenvalue weighted by molar-refractivity contribution is 7.45. The van der Waals surface area contributed by atoms with Crippen LogP contribution < -0.4 is 5.32 Å². The van der Waals surface area contributed by atoms with Gasteiger partial charge in [0, 0.05) is 23.8 Å². The molecule has 0 atom stereocenters. The van der Waals surface area contributed by atoms with Crippen LogP contribution in [0, 0.1) is 0 Å². The van der Waals surface area contributed by atoms with Crippen molar-refractivity contribution >= 4 is 8.38 Å². The number of aromatic nitrogens is 1. The molecule has 0 aliphatic rings. The van der Waals surface area contributed by atoms with Gasteiger partial charge >= 0.3 is 0 Å². The normalized spacial score (nSPS) is 11.1. The van der Waals surface area contributed by atoms with Gasteiger partial charge in [-0.1, -0.05) is 67.6 Å². The number of aryl methyl sites for hydroxylation is 1. The zero-order valence-corrected chi connectivity index (χ0v) is 17.1. The summed E-state index contributed by atoms with van der Waals surface area (Å²) in [6, 6.07) is 23.2. The van der Waals surface area contributed by atoms with E-state index in [4.69, 9.17) is 14.8 Å². The Balaban J connectivity index is 1.83. The first-order valence-electron chi connectivity index (χ1n) is 9.68. The lowest BCUT2D eigenvalue weighted by molar-refractivity contribution is 0.479. The van der Waals surface area contributed by atoms with E-state index >= 15 is 0 Å². The van der Waals surface area contributed by atoms with E-state index < -0.39 is 8.38 Å². The summed E-state index contributed by atoms with van der Waals surface area (Å²) in [4.78, 5) is 22.9. The number of benzene rings is 2. The molecular formula is C23H27N2O2P. The Labute approximate surface area is 168 Å². The van der Waals surface area contributed by atoms with Gasteiger partial charge in [0.25, 0.3) is 0 Å². The van der Waals surface area contributed by atoms with Crippen LogP contribution in [0.2, 0.25) is 0 Å². The molecule has 0 fully saturated rings. The number of nitrogens with zero attached hydrogens (tertiary/aromatic N) is 1. The fourth-order valence-electron chi connectivity index (χ4n) is 3.13. The van der Waals surface area contributed by atoms with Crippen LogP contribution in [0.25, 0.3) is 22.4 Å². The van der Waals surface area contributed by atoms with Crippen LogP contribution >= 0.6 is 8.38 Å². The molecule has 1 heterocycles. The molecule has 0 unspecified atom stereocenters. The Bertz CT molecular complexity index is 868. The lowest BCUT2D eigenvalue weighted by Crippen LogP contribution is -2.16. The summed E-state index contributed by atoms with van der Waals surface area (Å²) < 4.78 is 0. The van der Waals surface area contributed by atoms with Crippen molar-refractivity contribution in [2.75, 3.05) is 12.7 Å². The van der Waals surface area contributed by atoms with Crippen molar-refractivity contribution in [1.82, 2.24) is 10.3 Å². The monoisotopic (exact) mass is 394 g/mol. The minimum atomic E-state index is -1.80. The summed E-state index contributed by atoms with van der Waals surface area (Å²) in [6.07, 6.45) is 2.22. The lowest BCUT2D eigenvalue weighted by Gasteiger charge is -2.13. The Morgan fingerprint density at radius 1 is 0.893 bits per heavy atom. The third-order valence-corrected chi connectivity index (χ3v) is 5.41. The number of pyridine rings is 1. The van der Waals surface area contributed by atoms with Crippen LogP contribution in [-0.2, 0) is 13.0 Å². The Morgan fingerprint density at radius 3 is 2.32 bits per heavy atom. The summed E-state index contributed by atoms with van der Waals surface area (Å²) in [5.74, 6) is 0. The van der Waals surface area contributed by atoms with Gasteiger partial charge in [-0.15, -0.1) is 0 Å². The number of hydrogen-bond acceptors (Lipinski definition) is 4. The van der Waals surface area contributed by atoms with Gasteiger partial charge in [0.05, 0.1) is 11.4 Å². The van der Waals surface area contributed by atoms with E-state index in [1.807, 2.05) is 18.2 Å². The van der Waals surface area contributed by atoms with E-state index in [9.17, 15) is 0 Å². The van der Waals surface area contributed by atoms with Crippen molar-refractivity contribution in [3.05, 3.63) is 78.0 Å². The smallest absolute Gasteiger partial charge is 0.164 e. The number of nitrogens with one attached hydrogen (secondary N) is 1. The maximum Gasteiger partial charge on any atom is 0.164 e. The predicted octanol–water partition coefficient (Wildman–Crippen LogP) is 4.75. The average Bonchev–Trinajstić information content (AvgIpc) is 2.74. The van der Waals surface area contributed by atoms with Crippen LogP contribution in [0.4, 0.5) is 0 Å². The number of rotatable bonds is 9. The van der Waals surface area contributed by atoms with E-state index in [1.54, 1.807) is 0 Å². The maximum absolute atomic E-state index is 8.98. The second kappa shape index (κ2) is 10.4. The second-order valence-electron chi connectivity index (χ2n) is 6.74. The standard InChI is InChI=1S/C23H27N2O2P/c1-2-18-9-11-19(12-10-18)22-14-13-21(17-24-15-6-16-28(26)27)25-23(22)20-7-4-3-5-8-20/h3-5,7-14,24,26-27H,2,6,15-17H2,1H3. The van der Waals surface area contributed by atoms with Crippen LogP contribution in [0.5, 0.6) is 0 Å². The molecule has 0 saturated heterocycles. The molecule has 146 valence electrons. The van der Waals surface area contributed by atoms with Crippen LogP contribution in [-0.4, -0.2) is 27.5 Å². The molecule has 0 saturated carbocycles. The van der Waals surface area contributed by atoms with Gasteiger partial charge in [-0.2, -0.15) is 0 Å². The van der Waals surface area contributed by atoms with Crippen LogP contribution in [0.15, 0.2) is 66.7 Å². The van der Waals surface area contributed by atoms with E-state index in [0.717, 1.165) is 41.9 Å². The topological polar surface area (TPSA) is 65.4 Å². The summed E-state index contributed by atoms with van der Waals surface area (Å²) in [6.45, 7) is 3.56. The molecule has 0 bridgehead atoms. The molecular weight excluding hydrogens is 367 g/mol. The molecule has 3 aromatic rings. The van der Waals surface area contributed by atoms with Crippen molar-refractivity contribution in [3.63, 3.8) is 0 Å². The van der Waals surface area contributed by atoms with Crippen molar-refractivity contribution < 1.29 is 9.79 Å².